The van der Waals surface area contributed by atoms with Gasteiger partial charge in [-0.1, -0.05) is 26.2 Å². The zero-order valence-corrected chi connectivity index (χ0v) is 9.74. The number of nitrogens with zero attached hydrogens (tertiary/aromatic N) is 1. The molecular formula is C12H23NO2. The van der Waals surface area contributed by atoms with Crippen molar-refractivity contribution in [2.45, 2.75) is 57.9 Å². The molecule has 1 heterocycles. The largest absolute Gasteiger partial charge is 0.481 e. The average Bonchev–Trinajstić information content (AvgIpc) is 2.14. The van der Waals surface area contributed by atoms with Gasteiger partial charge in [0.2, 0.25) is 0 Å². The van der Waals surface area contributed by atoms with Crippen LogP contribution in [-0.4, -0.2) is 35.1 Å². The number of likely N-dealkylation sites (tertiary alicyclic amines) is 1. The lowest BCUT2D eigenvalue weighted by atomic mass is 10.0. The van der Waals surface area contributed by atoms with E-state index in [1.165, 1.54) is 32.1 Å². The molecule has 0 aliphatic carbocycles. The number of carboxylic acids is 1. The standard InChI is InChI=1S/C12H23NO2/c1-2-11(10-12(14)15)13-8-6-4-3-5-7-9-13/h11H,2-10H2,1H3,(H,14,15). The molecule has 1 N–H and O–H groups in total. The van der Waals surface area contributed by atoms with Crippen LogP contribution in [0.3, 0.4) is 0 Å². The fourth-order valence-electron chi connectivity index (χ4n) is 2.37. The van der Waals surface area contributed by atoms with Crippen molar-refractivity contribution in [3.8, 4) is 0 Å². The Morgan fingerprint density at radius 1 is 1.20 bits per heavy atom. The molecule has 1 aliphatic heterocycles. The normalized spacial score (nSPS) is 21.7. The van der Waals surface area contributed by atoms with Crippen molar-refractivity contribution in [3.05, 3.63) is 0 Å². The molecule has 1 saturated heterocycles. The zero-order chi connectivity index (χ0) is 11.1. The highest BCUT2D eigenvalue weighted by Gasteiger charge is 2.19. The maximum Gasteiger partial charge on any atom is 0.304 e. The van der Waals surface area contributed by atoms with Crippen molar-refractivity contribution in [2.24, 2.45) is 0 Å². The van der Waals surface area contributed by atoms with Gasteiger partial charge in [0.1, 0.15) is 0 Å². The second-order valence-corrected chi connectivity index (χ2v) is 4.46. The van der Waals surface area contributed by atoms with E-state index >= 15 is 0 Å². The van der Waals surface area contributed by atoms with E-state index in [2.05, 4.69) is 11.8 Å². The van der Waals surface area contributed by atoms with Gasteiger partial charge in [-0.2, -0.15) is 0 Å². The molecule has 0 bridgehead atoms. The highest BCUT2D eigenvalue weighted by molar-refractivity contribution is 5.67. The van der Waals surface area contributed by atoms with Gasteiger partial charge in [-0.15, -0.1) is 0 Å². The number of carboxylic acid groups (broad SMARTS) is 1. The molecule has 88 valence electrons. The van der Waals surface area contributed by atoms with Crippen molar-refractivity contribution in [3.63, 3.8) is 0 Å². The summed E-state index contributed by atoms with van der Waals surface area (Å²) < 4.78 is 0. The quantitative estimate of drug-likeness (QED) is 0.780. The van der Waals surface area contributed by atoms with Crippen LogP contribution >= 0.6 is 0 Å². The van der Waals surface area contributed by atoms with Gasteiger partial charge in [0, 0.05) is 6.04 Å². The molecule has 1 aliphatic rings. The molecule has 0 radical (unpaired) electrons. The number of hydrogen-bond acceptors (Lipinski definition) is 2. The van der Waals surface area contributed by atoms with Crippen LogP contribution in [0.15, 0.2) is 0 Å². The lowest BCUT2D eigenvalue weighted by Crippen LogP contribution is -2.38. The second kappa shape index (κ2) is 6.83. The summed E-state index contributed by atoms with van der Waals surface area (Å²) in [5.41, 5.74) is 0. The summed E-state index contributed by atoms with van der Waals surface area (Å²) in [5, 5.41) is 8.84. The van der Waals surface area contributed by atoms with E-state index in [-0.39, 0.29) is 6.04 Å². The monoisotopic (exact) mass is 213 g/mol. The summed E-state index contributed by atoms with van der Waals surface area (Å²) in [6, 6.07) is 0.251. The Bertz CT molecular complexity index is 186. The Kier molecular flexibility index (Phi) is 5.69. The van der Waals surface area contributed by atoms with Gasteiger partial charge in [0.05, 0.1) is 6.42 Å². The number of carbonyl (C=O) groups is 1. The smallest absolute Gasteiger partial charge is 0.304 e. The third-order valence-corrected chi connectivity index (χ3v) is 3.29. The van der Waals surface area contributed by atoms with E-state index in [9.17, 15) is 4.79 Å². The van der Waals surface area contributed by atoms with Crippen molar-refractivity contribution in [1.29, 1.82) is 0 Å². The van der Waals surface area contributed by atoms with Crippen molar-refractivity contribution in [2.75, 3.05) is 13.1 Å². The first kappa shape index (κ1) is 12.5. The van der Waals surface area contributed by atoms with Gasteiger partial charge in [-0.05, 0) is 32.4 Å². The van der Waals surface area contributed by atoms with Gasteiger partial charge < -0.3 is 5.11 Å². The highest BCUT2D eigenvalue weighted by Crippen LogP contribution is 2.16. The summed E-state index contributed by atoms with van der Waals surface area (Å²) in [6.07, 6.45) is 7.68. The first-order valence-electron chi connectivity index (χ1n) is 6.20. The highest BCUT2D eigenvalue weighted by atomic mass is 16.4. The van der Waals surface area contributed by atoms with E-state index in [0.29, 0.717) is 6.42 Å². The molecule has 0 spiro atoms. The summed E-state index contributed by atoms with van der Waals surface area (Å²) in [5.74, 6) is -0.663. The van der Waals surface area contributed by atoms with Crippen LogP contribution in [0.25, 0.3) is 0 Å². The molecule has 0 amide bonds. The number of aliphatic carboxylic acids is 1. The molecule has 0 saturated carbocycles. The molecule has 0 aromatic heterocycles. The second-order valence-electron chi connectivity index (χ2n) is 4.46. The van der Waals surface area contributed by atoms with Gasteiger partial charge in [-0.25, -0.2) is 0 Å². The van der Waals surface area contributed by atoms with E-state index < -0.39 is 5.97 Å². The maximum atomic E-state index is 10.7. The Morgan fingerprint density at radius 3 is 2.20 bits per heavy atom. The maximum absolute atomic E-state index is 10.7. The molecule has 0 aromatic rings. The minimum absolute atomic E-state index is 0.251. The van der Waals surface area contributed by atoms with Crippen molar-refractivity contribution >= 4 is 5.97 Å². The van der Waals surface area contributed by atoms with Crippen LogP contribution in [0.5, 0.6) is 0 Å². The van der Waals surface area contributed by atoms with Gasteiger partial charge in [0.15, 0.2) is 0 Å². The number of hydrogen-bond donors (Lipinski definition) is 1. The summed E-state index contributed by atoms with van der Waals surface area (Å²) in [6.45, 7) is 4.27. The molecule has 1 unspecified atom stereocenters. The topological polar surface area (TPSA) is 40.5 Å². The van der Waals surface area contributed by atoms with E-state index in [0.717, 1.165) is 19.5 Å². The summed E-state index contributed by atoms with van der Waals surface area (Å²) >= 11 is 0. The SMILES string of the molecule is CCC(CC(=O)O)N1CCCCCCC1. The Hall–Kier alpha value is -0.570. The van der Waals surface area contributed by atoms with Crippen LogP contribution in [-0.2, 0) is 4.79 Å². The predicted molar refractivity (Wildman–Crippen MR) is 61.0 cm³/mol. The van der Waals surface area contributed by atoms with Crippen molar-refractivity contribution < 1.29 is 9.90 Å². The molecular weight excluding hydrogens is 190 g/mol. The van der Waals surface area contributed by atoms with Gasteiger partial charge >= 0.3 is 5.97 Å². The molecule has 1 rings (SSSR count). The molecule has 0 aromatic carbocycles. The third-order valence-electron chi connectivity index (χ3n) is 3.29. The predicted octanol–water partition coefficient (Wildman–Crippen LogP) is 2.51. The Balaban J connectivity index is 2.44. The van der Waals surface area contributed by atoms with Crippen LogP contribution in [0.1, 0.15) is 51.9 Å². The van der Waals surface area contributed by atoms with Gasteiger partial charge in [0.25, 0.3) is 0 Å². The van der Waals surface area contributed by atoms with Crippen molar-refractivity contribution in [1.82, 2.24) is 4.90 Å². The fourth-order valence-corrected chi connectivity index (χ4v) is 2.37. The van der Waals surface area contributed by atoms with E-state index in [1.807, 2.05) is 0 Å². The minimum Gasteiger partial charge on any atom is -0.481 e. The van der Waals surface area contributed by atoms with Crippen LogP contribution in [0, 0.1) is 0 Å². The fraction of sp³-hybridized carbons (Fsp3) is 0.917. The zero-order valence-electron chi connectivity index (χ0n) is 9.74. The van der Waals surface area contributed by atoms with E-state index in [4.69, 9.17) is 5.11 Å². The van der Waals surface area contributed by atoms with E-state index in [1.54, 1.807) is 0 Å². The lowest BCUT2D eigenvalue weighted by Gasteiger charge is -2.31. The Morgan fingerprint density at radius 2 is 1.73 bits per heavy atom. The average molecular weight is 213 g/mol. The first-order chi connectivity index (χ1) is 7.24. The van der Waals surface area contributed by atoms with Crippen LogP contribution in [0.2, 0.25) is 0 Å². The molecule has 1 atom stereocenters. The summed E-state index contributed by atoms with van der Waals surface area (Å²) in [7, 11) is 0. The lowest BCUT2D eigenvalue weighted by molar-refractivity contribution is -0.138. The molecule has 15 heavy (non-hydrogen) atoms. The van der Waals surface area contributed by atoms with Gasteiger partial charge in [-0.3, -0.25) is 9.69 Å². The summed E-state index contributed by atoms with van der Waals surface area (Å²) in [4.78, 5) is 13.1. The first-order valence-corrected chi connectivity index (χ1v) is 6.20. The van der Waals surface area contributed by atoms with Crippen LogP contribution in [0.4, 0.5) is 0 Å². The third kappa shape index (κ3) is 4.65. The molecule has 3 heteroatoms. The minimum atomic E-state index is -0.663. The van der Waals surface area contributed by atoms with Crippen LogP contribution < -0.4 is 0 Å². The number of rotatable bonds is 4. The molecule has 1 fully saturated rings. The Labute approximate surface area is 92.5 Å². The molecule has 3 nitrogen and oxygen atoms in total.